The maximum atomic E-state index is 13.1. The van der Waals surface area contributed by atoms with Crippen LogP contribution in [0.1, 0.15) is 49.7 Å². The monoisotopic (exact) mass is 383 g/mol. The fourth-order valence-corrected chi connectivity index (χ4v) is 3.24. The number of ether oxygens (including phenoxy) is 2. The minimum atomic E-state index is -1.21. The standard InChI is InChI=1S/C22H25NO5/c1-14-10-12-16(13-11-14)19-23(21(26)28-22(2,3)4)17(18(27-19)20(24)25)15-8-6-5-7-9-15/h5-13,17-19H,1-4H3,(H,24,25)/t17-,18?,19?/m0/s1. The Kier molecular flexibility index (Phi) is 5.42. The van der Waals surface area contributed by atoms with Crippen LogP contribution in [-0.2, 0) is 14.3 Å². The molecule has 3 rings (SSSR count). The van der Waals surface area contributed by atoms with Gasteiger partial charge in [0.25, 0.3) is 0 Å². The second-order valence-electron chi connectivity index (χ2n) is 7.90. The minimum Gasteiger partial charge on any atom is -0.479 e. The van der Waals surface area contributed by atoms with Crippen LogP contribution in [0.5, 0.6) is 0 Å². The van der Waals surface area contributed by atoms with Crippen molar-refractivity contribution in [2.75, 3.05) is 0 Å². The molecule has 1 fully saturated rings. The Hall–Kier alpha value is -2.86. The van der Waals surface area contributed by atoms with Crippen LogP contribution in [0, 0.1) is 6.92 Å². The van der Waals surface area contributed by atoms with Crippen molar-refractivity contribution in [2.24, 2.45) is 0 Å². The zero-order valence-corrected chi connectivity index (χ0v) is 16.5. The molecular weight excluding hydrogens is 358 g/mol. The molecule has 6 nitrogen and oxygen atoms in total. The summed E-state index contributed by atoms with van der Waals surface area (Å²) >= 11 is 0. The number of rotatable bonds is 3. The molecule has 28 heavy (non-hydrogen) atoms. The summed E-state index contributed by atoms with van der Waals surface area (Å²) in [6, 6.07) is 15.7. The van der Waals surface area contributed by atoms with Gasteiger partial charge in [0.1, 0.15) is 11.6 Å². The van der Waals surface area contributed by atoms with Gasteiger partial charge in [-0.1, -0.05) is 60.2 Å². The molecule has 3 atom stereocenters. The molecule has 2 unspecified atom stereocenters. The first-order chi connectivity index (χ1) is 13.2. The molecule has 1 amide bonds. The van der Waals surface area contributed by atoms with Crippen molar-refractivity contribution in [3.05, 3.63) is 71.3 Å². The van der Waals surface area contributed by atoms with E-state index in [0.717, 1.165) is 5.56 Å². The number of nitrogens with zero attached hydrogens (tertiary/aromatic N) is 1. The van der Waals surface area contributed by atoms with E-state index >= 15 is 0 Å². The smallest absolute Gasteiger partial charge is 0.413 e. The van der Waals surface area contributed by atoms with Gasteiger partial charge in [0.15, 0.2) is 12.3 Å². The van der Waals surface area contributed by atoms with E-state index in [2.05, 4.69) is 0 Å². The fraction of sp³-hybridized carbons (Fsp3) is 0.364. The van der Waals surface area contributed by atoms with E-state index < -0.39 is 36.0 Å². The number of hydrogen-bond donors (Lipinski definition) is 1. The number of carbonyl (C=O) groups is 2. The number of benzene rings is 2. The summed E-state index contributed by atoms with van der Waals surface area (Å²) in [5.74, 6) is -1.13. The average Bonchev–Trinajstić information content (AvgIpc) is 3.02. The fourth-order valence-electron chi connectivity index (χ4n) is 3.24. The predicted octanol–water partition coefficient (Wildman–Crippen LogP) is 4.46. The van der Waals surface area contributed by atoms with Crippen molar-refractivity contribution in [1.29, 1.82) is 0 Å². The highest BCUT2D eigenvalue weighted by Crippen LogP contribution is 2.44. The highest BCUT2D eigenvalue weighted by atomic mass is 16.6. The van der Waals surface area contributed by atoms with Crippen LogP contribution < -0.4 is 0 Å². The number of amides is 1. The summed E-state index contributed by atoms with van der Waals surface area (Å²) in [6.45, 7) is 7.27. The van der Waals surface area contributed by atoms with Gasteiger partial charge in [-0.15, -0.1) is 0 Å². The van der Waals surface area contributed by atoms with E-state index in [1.165, 1.54) is 4.90 Å². The summed E-state index contributed by atoms with van der Waals surface area (Å²) in [5, 5.41) is 9.78. The van der Waals surface area contributed by atoms with Crippen LogP contribution in [0.2, 0.25) is 0 Å². The van der Waals surface area contributed by atoms with Crippen molar-refractivity contribution >= 4 is 12.1 Å². The first-order valence-corrected chi connectivity index (χ1v) is 9.18. The molecule has 0 spiro atoms. The molecule has 6 heteroatoms. The molecule has 148 valence electrons. The third-order valence-corrected chi connectivity index (χ3v) is 4.47. The van der Waals surface area contributed by atoms with Gasteiger partial charge in [-0.25, -0.2) is 9.59 Å². The molecule has 1 N–H and O–H groups in total. The summed E-state index contributed by atoms with van der Waals surface area (Å²) < 4.78 is 11.5. The highest BCUT2D eigenvalue weighted by Gasteiger charge is 2.51. The van der Waals surface area contributed by atoms with Crippen LogP contribution in [0.25, 0.3) is 0 Å². The van der Waals surface area contributed by atoms with Gasteiger partial charge in [-0.05, 0) is 33.3 Å². The molecule has 1 saturated heterocycles. The highest BCUT2D eigenvalue weighted by molar-refractivity contribution is 5.77. The maximum Gasteiger partial charge on any atom is 0.413 e. The normalized spacial score (nSPS) is 22.1. The summed E-state index contributed by atoms with van der Waals surface area (Å²) in [4.78, 5) is 26.5. The lowest BCUT2D eigenvalue weighted by Gasteiger charge is -2.31. The lowest BCUT2D eigenvalue weighted by molar-refractivity contribution is -0.150. The van der Waals surface area contributed by atoms with Crippen molar-refractivity contribution < 1.29 is 24.2 Å². The third kappa shape index (κ3) is 4.17. The number of carboxylic acids is 1. The van der Waals surface area contributed by atoms with Gasteiger partial charge in [0.2, 0.25) is 0 Å². The molecule has 1 heterocycles. The number of carboxylic acid groups (broad SMARTS) is 1. The zero-order chi connectivity index (χ0) is 20.5. The van der Waals surface area contributed by atoms with E-state index in [0.29, 0.717) is 11.1 Å². The van der Waals surface area contributed by atoms with Gasteiger partial charge in [-0.2, -0.15) is 0 Å². The Morgan fingerprint density at radius 2 is 1.61 bits per heavy atom. The number of hydrogen-bond acceptors (Lipinski definition) is 4. The lowest BCUT2D eigenvalue weighted by Crippen LogP contribution is -2.40. The topological polar surface area (TPSA) is 76.1 Å². The number of carbonyl (C=O) groups excluding carboxylic acids is 1. The van der Waals surface area contributed by atoms with E-state index in [1.54, 1.807) is 45.0 Å². The number of aryl methyl sites for hydroxylation is 1. The van der Waals surface area contributed by atoms with Crippen molar-refractivity contribution in [3.8, 4) is 0 Å². The van der Waals surface area contributed by atoms with Gasteiger partial charge in [-0.3, -0.25) is 4.90 Å². The summed E-state index contributed by atoms with van der Waals surface area (Å²) in [5.41, 5.74) is 1.70. The van der Waals surface area contributed by atoms with Crippen molar-refractivity contribution in [3.63, 3.8) is 0 Å². The van der Waals surface area contributed by atoms with Crippen molar-refractivity contribution in [1.82, 2.24) is 4.90 Å². The molecular formula is C22H25NO5. The van der Waals surface area contributed by atoms with Crippen LogP contribution in [0.3, 0.4) is 0 Å². The Balaban J connectivity index is 2.09. The Labute approximate surface area is 164 Å². The Morgan fingerprint density at radius 3 is 2.14 bits per heavy atom. The second kappa shape index (κ2) is 7.64. The Morgan fingerprint density at radius 1 is 1.00 bits per heavy atom. The molecule has 0 aromatic heterocycles. The average molecular weight is 383 g/mol. The molecule has 2 aromatic rings. The Bertz CT molecular complexity index is 841. The van der Waals surface area contributed by atoms with Crippen LogP contribution >= 0.6 is 0 Å². The second-order valence-corrected chi connectivity index (χ2v) is 7.90. The lowest BCUT2D eigenvalue weighted by atomic mass is 10.0. The van der Waals surface area contributed by atoms with Gasteiger partial charge in [0.05, 0.1) is 0 Å². The van der Waals surface area contributed by atoms with E-state index in [4.69, 9.17) is 9.47 Å². The largest absolute Gasteiger partial charge is 0.479 e. The van der Waals surface area contributed by atoms with Crippen molar-refractivity contribution in [2.45, 2.75) is 51.7 Å². The predicted molar refractivity (Wildman–Crippen MR) is 104 cm³/mol. The first kappa shape index (κ1) is 19.9. The van der Waals surface area contributed by atoms with Crippen LogP contribution in [0.15, 0.2) is 54.6 Å². The minimum absolute atomic E-state index is 0.615. The van der Waals surface area contributed by atoms with Crippen LogP contribution in [-0.4, -0.2) is 33.8 Å². The van der Waals surface area contributed by atoms with E-state index in [9.17, 15) is 14.7 Å². The molecule has 0 aliphatic carbocycles. The molecule has 0 bridgehead atoms. The first-order valence-electron chi connectivity index (χ1n) is 9.18. The molecule has 0 saturated carbocycles. The third-order valence-electron chi connectivity index (χ3n) is 4.47. The van der Waals surface area contributed by atoms with Gasteiger partial charge < -0.3 is 14.6 Å². The summed E-state index contributed by atoms with van der Waals surface area (Å²) in [6.07, 6.45) is -2.68. The van der Waals surface area contributed by atoms with Crippen LogP contribution in [0.4, 0.5) is 4.79 Å². The quantitative estimate of drug-likeness (QED) is 0.847. The molecule has 2 aromatic carbocycles. The van der Waals surface area contributed by atoms with Gasteiger partial charge >= 0.3 is 12.1 Å². The number of aliphatic carboxylic acids is 1. The molecule has 0 radical (unpaired) electrons. The zero-order valence-electron chi connectivity index (χ0n) is 16.5. The van der Waals surface area contributed by atoms with Gasteiger partial charge in [0, 0.05) is 5.56 Å². The van der Waals surface area contributed by atoms with E-state index in [1.807, 2.05) is 37.3 Å². The molecule has 1 aliphatic rings. The molecule has 1 aliphatic heterocycles. The summed E-state index contributed by atoms with van der Waals surface area (Å²) in [7, 11) is 0. The maximum absolute atomic E-state index is 13.1. The van der Waals surface area contributed by atoms with E-state index in [-0.39, 0.29) is 0 Å². The SMILES string of the molecule is Cc1ccc(C2OC(C(=O)O)[C@H](c3ccccc3)N2C(=O)OC(C)(C)C)cc1.